The number of methoxy groups -OCH3 is 1. The van der Waals surface area contributed by atoms with E-state index >= 15 is 0 Å². The maximum Gasteiger partial charge on any atom is 0.258 e. The molecule has 0 saturated carbocycles. The lowest BCUT2D eigenvalue weighted by Crippen LogP contribution is -2.28. The number of amides is 1. The van der Waals surface area contributed by atoms with Gasteiger partial charge in [-0.3, -0.25) is 4.79 Å². The zero-order valence-electron chi connectivity index (χ0n) is 18.2. The molecule has 3 aromatic rings. The molecule has 33 heavy (non-hydrogen) atoms. The zero-order valence-corrected chi connectivity index (χ0v) is 19.8. The molecule has 0 bridgehead atoms. The zero-order chi connectivity index (χ0) is 23.8. The molecule has 0 heterocycles. The number of ether oxygens (including phenoxy) is 2. The summed E-state index contributed by atoms with van der Waals surface area (Å²) in [7, 11) is -2.21. The van der Waals surface area contributed by atoms with E-state index in [0.717, 1.165) is 16.9 Å². The number of nitrogens with one attached hydrogen (secondary N) is 2. The van der Waals surface area contributed by atoms with Crippen molar-refractivity contribution < 1.29 is 22.7 Å². The number of hydrogen-bond acceptors (Lipinski definition) is 5. The van der Waals surface area contributed by atoms with Crippen LogP contribution in [0.5, 0.6) is 11.5 Å². The van der Waals surface area contributed by atoms with Crippen LogP contribution in [0.15, 0.2) is 77.7 Å². The standard InChI is InChI=1S/C24H25ClN2O5S/c1-17(19-6-4-3-5-7-19)27-33(29,30)21-12-13-23(22(25)14-21)32-16-24(28)26-15-18-8-10-20(31-2)11-9-18/h3-14,17,27H,15-16H2,1-2H3,(H,26,28)/t17-/m0/s1. The van der Waals surface area contributed by atoms with Crippen LogP contribution in [0.4, 0.5) is 0 Å². The molecule has 174 valence electrons. The Bertz CT molecular complexity index is 1190. The first-order chi connectivity index (χ1) is 15.8. The van der Waals surface area contributed by atoms with Gasteiger partial charge in [-0.15, -0.1) is 0 Å². The summed E-state index contributed by atoms with van der Waals surface area (Å²) in [5.41, 5.74) is 1.75. The molecule has 2 N–H and O–H groups in total. The maximum absolute atomic E-state index is 12.7. The second-order valence-electron chi connectivity index (χ2n) is 7.26. The summed E-state index contributed by atoms with van der Waals surface area (Å²) in [5.74, 6) is 0.612. The Morgan fingerprint density at radius 3 is 2.36 bits per heavy atom. The summed E-state index contributed by atoms with van der Waals surface area (Å²) < 4.78 is 38.6. The fourth-order valence-corrected chi connectivity index (χ4v) is 4.57. The molecule has 0 spiro atoms. The van der Waals surface area contributed by atoms with E-state index in [1.807, 2.05) is 54.6 Å². The van der Waals surface area contributed by atoms with Crippen LogP contribution in [0.1, 0.15) is 24.1 Å². The van der Waals surface area contributed by atoms with Gasteiger partial charge in [0, 0.05) is 12.6 Å². The highest BCUT2D eigenvalue weighted by molar-refractivity contribution is 7.89. The van der Waals surface area contributed by atoms with Crippen molar-refractivity contribution in [3.05, 3.63) is 88.9 Å². The van der Waals surface area contributed by atoms with Gasteiger partial charge in [0.15, 0.2) is 6.61 Å². The van der Waals surface area contributed by atoms with E-state index in [4.69, 9.17) is 21.1 Å². The van der Waals surface area contributed by atoms with Crippen LogP contribution in [0.25, 0.3) is 0 Å². The lowest BCUT2D eigenvalue weighted by molar-refractivity contribution is -0.123. The molecular formula is C24H25ClN2O5S. The molecule has 0 aliphatic rings. The van der Waals surface area contributed by atoms with Gasteiger partial charge >= 0.3 is 0 Å². The van der Waals surface area contributed by atoms with Gasteiger partial charge in [0.2, 0.25) is 10.0 Å². The van der Waals surface area contributed by atoms with Crippen LogP contribution in [0, 0.1) is 0 Å². The lowest BCUT2D eigenvalue weighted by Gasteiger charge is -2.15. The number of carbonyl (C=O) groups excluding carboxylic acids is 1. The molecule has 0 aliphatic carbocycles. The molecule has 9 heteroatoms. The number of hydrogen-bond donors (Lipinski definition) is 2. The second kappa shape index (κ2) is 11.2. The normalized spacial score (nSPS) is 12.1. The summed E-state index contributed by atoms with van der Waals surface area (Å²) in [6, 6.07) is 20.3. The predicted octanol–water partition coefficient (Wildman–Crippen LogP) is 4.08. The van der Waals surface area contributed by atoms with Crippen molar-refractivity contribution in [3.8, 4) is 11.5 Å². The average molecular weight is 489 g/mol. The number of sulfonamides is 1. The highest BCUT2D eigenvalue weighted by Crippen LogP contribution is 2.28. The topological polar surface area (TPSA) is 93.7 Å². The minimum atomic E-state index is -3.80. The van der Waals surface area contributed by atoms with E-state index in [1.165, 1.54) is 18.2 Å². The highest BCUT2D eigenvalue weighted by Gasteiger charge is 2.20. The fraction of sp³-hybridized carbons (Fsp3) is 0.208. The van der Waals surface area contributed by atoms with E-state index in [2.05, 4.69) is 10.0 Å². The van der Waals surface area contributed by atoms with Gasteiger partial charge in [-0.2, -0.15) is 0 Å². The predicted molar refractivity (Wildman–Crippen MR) is 127 cm³/mol. The smallest absolute Gasteiger partial charge is 0.258 e. The van der Waals surface area contributed by atoms with E-state index in [9.17, 15) is 13.2 Å². The van der Waals surface area contributed by atoms with E-state index in [0.29, 0.717) is 6.54 Å². The average Bonchev–Trinajstić information content (AvgIpc) is 2.82. The summed E-state index contributed by atoms with van der Waals surface area (Å²) in [6.45, 7) is 1.84. The molecule has 1 amide bonds. The first kappa shape index (κ1) is 24.6. The Morgan fingerprint density at radius 1 is 1.03 bits per heavy atom. The van der Waals surface area contributed by atoms with Crippen molar-refractivity contribution in [2.75, 3.05) is 13.7 Å². The Labute approximate surface area is 198 Å². The van der Waals surface area contributed by atoms with Crippen molar-refractivity contribution in [2.45, 2.75) is 24.4 Å². The van der Waals surface area contributed by atoms with E-state index in [1.54, 1.807) is 14.0 Å². The van der Waals surface area contributed by atoms with Gasteiger partial charge in [0.1, 0.15) is 11.5 Å². The van der Waals surface area contributed by atoms with Crippen molar-refractivity contribution in [2.24, 2.45) is 0 Å². The molecule has 3 aromatic carbocycles. The number of carbonyl (C=O) groups is 1. The Hall–Kier alpha value is -3.07. The SMILES string of the molecule is COc1ccc(CNC(=O)COc2ccc(S(=O)(=O)N[C@@H](C)c3ccccc3)cc2Cl)cc1. The van der Waals surface area contributed by atoms with Crippen LogP contribution in [0.2, 0.25) is 5.02 Å². The summed E-state index contributed by atoms with van der Waals surface area (Å²) in [6.07, 6.45) is 0. The number of rotatable bonds is 10. The van der Waals surface area contributed by atoms with Gasteiger partial charge in [-0.1, -0.05) is 54.1 Å². The van der Waals surface area contributed by atoms with E-state index in [-0.39, 0.29) is 28.2 Å². The maximum atomic E-state index is 12.7. The number of halogens is 1. The first-order valence-corrected chi connectivity index (χ1v) is 12.0. The Morgan fingerprint density at radius 2 is 1.73 bits per heavy atom. The van der Waals surface area contributed by atoms with Gasteiger partial charge in [-0.05, 0) is 48.4 Å². The summed E-state index contributed by atoms with van der Waals surface area (Å²) in [5, 5.41) is 2.84. The summed E-state index contributed by atoms with van der Waals surface area (Å²) >= 11 is 6.21. The van der Waals surface area contributed by atoms with Crippen molar-refractivity contribution >= 4 is 27.5 Å². The molecule has 0 saturated heterocycles. The van der Waals surface area contributed by atoms with Crippen LogP contribution in [-0.4, -0.2) is 28.0 Å². The molecule has 1 atom stereocenters. The second-order valence-corrected chi connectivity index (χ2v) is 9.38. The molecule has 0 radical (unpaired) electrons. The molecule has 7 nitrogen and oxygen atoms in total. The fourth-order valence-electron chi connectivity index (χ4n) is 3.01. The molecule has 0 aromatic heterocycles. The van der Waals surface area contributed by atoms with Gasteiger partial charge in [-0.25, -0.2) is 13.1 Å². The van der Waals surface area contributed by atoms with Gasteiger partial charge < -0.3 is 14.8 Å². The minimum absolute atomic E-state index is 0.00610. The Kier molecular flexibility index (Phi) is 8.32. The highest BCUT2D eigenvalue weighted by atomic mass is 35.5. The summed E-state index contributed by atoms with van der Waals surface area (Å²) in [4.78, 5) is 12.1. The molecule has 3 rings (SSSR count). The van der Waals surface area contributed by atoms with Crippen LogP contribution < -0.4 is 19.5 Å². The molecule has 0 aliphatic heterocycles. The van der Waals surface area contributed by atoms with Gasteiger partial charge in [0.05, 0.1) is 17.0 Å². The van der Waals surface area contributed by atoms with Crippen molar-refractivity contribution in [1.29, 1.82) is 0 Å². The monoisotopic (exact) mass is 488 g/mol. The Balaban J connectivity index is 1.55. The molecule has 0 fully saturated rings. The molecule has 0 unspecified atom stereocenters. The number of benzene rings is 3. The minimum Gasteiger partial charge on any atom is -0.497 e. The molecular weight excluding hydrogens is 464 g/mol. The van der Waals surface area contributed by atoms with Crippen LogP contribution in [0.3, 0.4) is 0 Å². The van der Waals surface area contributed by atoms with Crippen LogP contribution in [-0.2, 0) is 21.4 Å². The van der Waals surface area contributed by atoms with Gasteiger partial charge in [0.25, 0.3) is 5.91 Å². The van der Waals surface area contributed by atoms with Crippen LogP contribution >= 0.6 is 11.6 Å². The first-order valence-electron chi connectivity index (χ1n) is 10.2. The third-order valence-corrected chi connectivity index (χ3v) is 6.69. The largest absolute Gasteiger partial charge is 0.497 e. The van der Waals surface area contributed by atoms with E-state index < -0.39 is 16.1 Å². The van der Waals surface area contributed by atoms with Crippen molar-refractivity contribution in [3.63, 3.8) is 0 Å². The third kappa shape index (κ3) is 6.95. The van der Waals surface area contributed by atoms with Crippen molar-refractivity contribution in [1.82, 2.24) is 10.0 Å². The lowest BCUT2D eigenvalue weighted by atomic mass is 10.1. The quantitative estimate of drug-likeness (QED) is 0.448. The third-order valence-electron chi connectivity index (χ3n) is 4.85.